The van der Waals surface area contributed by atoms with Crippen molar-refractivity contribution in [1.29, 1.82) is 0 Å². The van der Waals surface area contributed by atoms with Gasteiger partial charge in [0, 0.05) is 0 Å². The van der Waals surface area contributed by atoms with Crippen LogP contribution in [0.1, 0.15) is 93.8 Å². The summed E-state index contributed by atoms with van der Waals surface area (Å²) in [5.74, 6) is 1.64. The minimum atomic E-state index is -0.258. The second kappa shape index (κ2) is 7.45. The first kappa shape index (κ1) is 15.1. The van der Waals surface area contributed by atoms with Gasteiger partial charge in [0.1, 0.15) is 0 Å². The van der Waals surface area contributed by atoms with Crippen molar-refractivity contribution in [1.82, 2.24) is 0 Å². The summed E-state index contributed by atoms with van der Waals surface area (Å²) in [5, 5.41) is 10.4. The lowest BCUT2D eigenvalue weighted by Crippen LogP contribution is -2.05. The molecule has 21 heavy (non-hydrogen) atoms. The molecule has 2 fully saturated rings. The van der Waals surface area contributed by atoms with Crippen molar-refractivity contribution in [3.05, 3.63) is 35.4 Å². The summed E-state index contributed by atoms with van der Waals surface area (Å²) in [6.07, 6.45) is 14.3. The molecule has 0 aromatic heterocycles. The molecule has 1 N–H and O–H groups in total. The summed E-state index contributed by atoms with van der Waals surface area (Å²) < 4.78 is 0. The Bertz CT molecular complexity index is 410. The van der Waals surface area contributed by atoms with Gasteiger partial charge in [0.05, 0.1) is 6.10 Å². The Morgan fingerprint density at radius 3 is 2.14 bits per heavy atom. The second-order valence-corrected chi connectivity index (χ2v) is 7.25. The maximum Gasteiger partial charge on any atom is 0.0790 e. The SMILES string of the molecule is OC(CCC1CCCC1)c1ccc(C2CCCCC2)cc1. The Morgan fingerprint density at radius 2 is 1.48 bits per heavy atom. The van der Waals surface area contributed by atoms with Crippen LogP contribution >= 0.6 is 0 Å². The molecular weight excluding hydrogens is 256 g/mol. The van der Waals surface area contributed by atoms with Gasteiger partial charge in [-0.2, -0.15) is 0 Å². The molecule has 2 aliphatic carbocycles. The highest BCUT2D eigenvalue weighted by atomic mass is 16.3. The van der Waals surface area contributed by atoms with Gasteiger partial charge >= 0.3 is 0 Å². The van der Waals surface area contributed by atoms with Gasteiger partial charge in [-0.05, 0) is 48.6 Å². The fraction of sp³-hybridized carbons (Fsp3) is 0.700. The largest absolute Gasteiger partial charge is 0.388 e. The monoisotopic (exact) mass is 286 g/mol. The van der Waals surface area contributed by atoms with Crippen molar-refractivity contribution in [2.45, 2.75) is 82.7 Å². The molecule has 0 saturated heterocycles. The average Bonchev–Trinajstić information content (AvgIpc) is 3.07. The number of benzene rings is 1. The van der Waals surface area contributed by atoms with Crippen molar-refractivity contribution in [3.63, 3.8) is 0 Å². The molecule has 1 nitrogen and oxygen atoms in total. The van der Waals surface area contributed by atoms with E-state index in [1.54, 1.807) is 0 Å². The molecule has 116 valence electrons. The normalized spacial score (nSPS) is 22.5. The van der Waals surface area contributed by atoms with E-state index in [9.17, 15) is 5.11 Å². The third-order valence-corrected chi connectivity index (χ3v) is 5.72. The first-order chi connectivity index (χ1) is 10.3. The van der Waals surface area contributed by atoms with Crippen LogP contribution in [-0.2, 0) is 0 Å². The van der Waals surface area contributed by atoms with Gasteiger partial charge in [0.2, 0.25) is 0 Å². The molecule has 2 aliphatic rings. The lowest BCUT2D eigenvalue weighted by atomic mass is 9.83. The number of aliphatic hydroxyl groups is 1. The Balaban J connectivity index is 1.52. The predicted molar refractivity (Wildman–Crippen MR) is 88.4 cm³/mol. The van der Waals surface area contributed by atoms with E-state index in [-0.39, 0.29) is 6.10 Å². The number of hydrogen-bond acceptors (Lipinski definition) is 1. The fourth-order valence-corrected chi connectivity index (χ4v) is 4.29. The van der Waals surface area contributed by atoms with Crippen molar-refractivity contribution in [3.8, 4) is 0 Å². The highest BCUT2D eigenvalue weighted by Crippen LogP contribution is 2.34. The molecule has 0 spiro atoms. The summed E-state index contributed by atoms with van der Waals surface area (Å²) in [5.41, 5.74) is 2.61. The van der Waals surface area contributed by atoms with Gasteiger partial charge in [-0.3, -0.25) is 0 Å². The number of aliphatic hydroxyl groups excluding tert-OH is 1. The van der Waals surface area contributed by atoms with Gasteiger partial charge in [-0.25, -0.2) is 0 Å². The second-order valence-electron chi connectivity index (χ2n) is 7.25. The zero-order valence-electron chi connectivity index (χ0n) is 13.3. The van der Waals surface area contributed by atoms with E-state index >= 15 is 0 Å². The molecule has 1 unspecified atom stereocenters. The maximum absolute atomic E-state index is 10.4. The summed E-state index contributed by atoms with van der Waals surface area (Å²) in [6.45, 7) is 0. The van der Waals surface area contributed by atoms with E-state index in [4.69, 9.17) is 0 Å². The molecule has 1 heteroatoms. The first-order valence-corrected chi connectivity index (χ1v) is 9.11. The third kappa shape index (κ3) is 4.10. The van der Waals surface area contributed by atoms with Crippen LogP contribution in [0.3, 0.4) is 0 Å². The summed E-state index contributed by atoms with van der Waals surface area (Å²) >= 11 is 0. The minimum absolute atomic E-state index is 0.258. The fourth-order valence-electron chi connectivity index (χ4n) is 4.29. The Hall–Kier alpha value is -0.820. The molecule has 1 aromatic carbocycles. The molecule has 1 aromatic rings. The van der Waals surface area contributed by atoms with Gasteiger partial charge in [-0.1, -0.05) is 69.2 Å². The Kier molecular flexibility index (Phi) is 5.35. The Labute approximate surface area is 129 Å². The highest BCUT2D eigenvalue weighted by Gasteiger charge is 2.18. The van der Waals surface area contributed by atoms with E-state index in [1.165, 1.54) is 69.8 Å². The van der Waals surface area contributed by atoms with Gasteiger partial charge in [-0.15, -0.1) is 0 Å². The van der Waals surface area contributed by atoms with Crippen LogP contribution in [0.2, 0.25) is 0 Å². The predicted octanol–water partition coefficient (Wildman–Crippen LogP) is 5.74. The van der Waals surface area contributed by atoms with Crippen LogP contribution in [0.25, 0.3) is 0 Å². The third-order valence-electron chi connectivity index (χ3n) is 5.72. The van der Waals surface area contributed by atoms with Crippen molar-refractivity contribution in [2.75, 3.05) is 0 Å². The topological polar surface area (TPSA) is 20.2 Å². The van der Waals surface area contributed by atoms with E-state index in [1.807, 2.05) is 0 Å². The molecule has 1 atom stereocenters. The molecule has 0 bridgehead atoms. The molecule has 2 saturated carbocycles. The van der Waals surface area contributed by atoms with Crippen LogP contribution in [-0.4, -0.2) is 5.11 Å². The van der Waals surface area contributed by atoms with Crippen LogP contribution in [0, 0.1) is 5.92 Å². The van der Waals surface area contributed by atoms with Crippen LogP contribution in [0.5, 0.6) is 0 Å². The van der Waals surface area contributed by atoms with E-state index in [2.05, 4.69) is 24.3 Å². The van der Waals surface area contributed by atoms with Gasteiger partial charge < -0.3 is 5.11 Å². The minimum Gasteiger partial charge on any atom is -0.388 e. The maximum atomic E-state index is 10.4. The molecular formula is C20H30O. The molecule has 0 amide bonds. The lowest BCUT2D eigenvalue weighted by molar-refractivity contribution is 0.157. The average molecular weight is 286 g/mol. The van der Waals surface area contributed by atoms with Gasteiger partial charge in [0.25, 0.3) is 0 Å². The van der Waals surface area contributed by atoms with Crippen molar-refractivity contribution < 1.29 is 5.11 Å². The van der Waals surface area contributed by atoms with E-state index in [0.717, 1.165) is 23.8 Å². The first-order valence-electron chi connectivity index (χ1n) is 9.11. The van der Waals surface area contributed by atoms with E-state index in [0.29, 0.717) is 0 Å². The smallest absolute Gasteiger partial charge is 0.0790 e. The summed E-state index contributed by atoms with van der Waals surface area (Å²) in [4.78, 5) is 0. The van der Waals surface area contributed by atoms with Crippen LogP contribution in [0.15, 0.2) is 24.3 Å². The quantitative estimate of drug-likeness (QED) is 0.732. The van der Waals surface area contributed by atoms with Crippen LogP contribution < -0.4 is 0 Å². The van der Waals surface area contributed by atoms with Crippen molar-refractivity contribution in [2.24, 2.45) is 5.92 Å². The van der Waals surface area contributed by atoms with Crippen molar-refractivity contribution >= 4 is 0 Å². The summed E-state index contributed by atoms with van der Waals surface area (Å²) in [6, 6.07) is 8.88. The van der Waals surface area contributed by atoms with Crippen LogP contribution in [0.4, 0.5) is 0 Å². The molecule has 0 heterocycles. The molecule has 3 rings (SSSR count). The highest BCUT2D eigenvalue weighted by molar-refractivity contribution is 5.27. The zero-order chi connectivity index (χ0) is 14.5. The standard InChI is InChI=1S/C20H30O/c21-20(15-10-16-6-4-5-7-16)19-13-11-18(12-14-19)17-8-2-1-3-9-17/h11-14,16-17,20-21H,1-10,15H2. The van der Waals surface area contributed by atoms with E-state index < -0.39 is 0 Å². The number of hydrogen-bond donors (Lipinski definition) is 1. The number of rotatable bonds is 5. The zero-order valence-corrected chi connectivity index (χ0v) is 13.3. The summed E-state index contributed by atoms with van der Waals surface area (Å²) in [7, 11) is 0. The molecule has 0 radical (unpaired) electrons. The molecule has 0 aliphatic heterocycles. The Morgan fingerprint density at radius 1 is 0.857 bits per heavy atom. The van der Waals surface area contributed by atoms with Gasteiger partial charge in [0.15, 0.2) is 0 Å². The lowest BCUT2D eigenvalue weighted by Gasteiger charge is -2.22.